The van der Waals surface area contributed by atoms with Crippen LogP contribution in [0.2, 0.25) is 0 Å². The van der Waals surface area contributed by atoms with E-state index in [4.69, 9.17) is 4.74 Å². The van der Waals surface area contributed by atoms with Gasteiger partial charge in [-0.05, 0) is 24.3 Å². The van der Waals surface area contributed by atoms with Crippen molar-refractivity contribution in [2.45, 2.75) is 24.3 Å². The molecule has 1 unspecified atom stereocenters. The van der Waals surface area contributed by atoms with E-state index in [0.29, 0.717) is 25.3 Å². The van der Waals surface area contributed by atoms with Crippen molar-refractivity contribution < 1.29 is 17.9 Å². The lowest BCUT2D eigenvalue weighted by Crippen LogP contribution is -2.43. The number of nitrogens with one attached hydrogen (secondary N) is 2. The molecule has 2 rings (SSSR count). The third-order valence-electron chi connectivity index (χ3n) is 3.31. The molecular weight excluding hydrogens is 292 g/mol. The van der Waals surface area contributed by atoms with Crippen LogP contribution in [0.4, 0.5) is 5.69 Å². The summed E-state index contributed by atoms with van der Waals surface area (Å²) in [5.74, 6) is -0.0596. The third-order valence-corrected chi connectivity index (χ3v) is 5.06. The molecule has 0 bridgehead atoms. The fourth-order valence-corrected chi connectivity index (χ4v) is 2.98. The van der Waals surface area contributed by atoms with Crippen molar-refractivity contribution in [3.05, 3.63) is 24.3 Å². The number of sulfone groups is 1. The lowest BCUT2D eigenvalue weighted by Gasteiger charge is -2.23. The second kappa shape index (κ2) is 7.02. The first-order valence-electron chi connectivity index (χ1n) is 6.95. The Morgan fingerprint density at radius 1 is 1.38 bits per heavy atom. The highest BCUT2D eigenvalue weighted by Crippen LogP contribution is 2.15. The summed E-state index contributed by atoms with van der Waals surface area (Å²) in [6.45, 7) is 3.55. The van der Waals surface area contributed by atoms with E-state index in [0.717, 1.165) is 6.54 Å². The van der Waals surface area contributed by atoms with Gasteiger partial charge in [0.2, 0.25) is 5.91 Å². The maximum absolute atomic E-state index is 11.9. The maximum Gasteiger partial charge on any atom is 0.226 e. The van der Waals surface area contributed by atoms with Crippen molar-refractivity contribution in [2.24, 2.45) is 0 Å². The van der Waals surface area contributed by atoms with Crippen LogP contribution in [0.25, 0.3) is 0 Å². The Balaban J connectivity index is 1.92. The molecule has 1 heterocycles. The van der Waals surface area contributed by atoms with Gasteiger partial charge in [0.05, 0.1) is 23.9 Å². The molecule has 1 aromatic rings. The summed E-state index contributed by atoms with van der Waals surface area (Å²) in [5.41, 5.74) is 0.590. The highest BCUT2D eigenvalue weighted by Gasteiger charge is 2.17. The van der Waals surface area contributed by atoms with Crippen LogP contribution in [-0.2, 0) is 19.4 Å². The number of rotatable bonds is 5. The first-order chi connectivity index (χ1) is 10.0. The minimum atomic E-state index is -3.21. The van der Waals surface area contributed by atoms with Crippen LogP contribution in [0.3, 0.4) is 0 Å². The summed E-state index contributed by atoms with van der Waals surface area (Å²) in [6, 6.07) is 6.25. The summed E-state index contributed by atoms with van der Waals surface area (Å²) < 4.78 is 28.7. The Bertz CT molecular complexity index is 577. The topological polar surface area (TPSA) is 84.5 Å². The molecule has 21 heavy (non-hydrogen) atoms. The van der Waals surface area contributed by atoms with E-state index in [1.165, 1.54) is 12.1 Å². The Labute approximate surface area is 124 Å². The number of benzene rings is 1. The van der Waals surface area contributed by atoms with E-state index >= 15 is 0 Å². The molecule has 0 spiro atoms. The normalized spacial score (nSPS) is 19.2. The first kappa shape index (κ1) is 15.9. The van der Waals surface area contributed by atoms with E-state index in [9.17, 15) is 13.2 Å². The largest absolute Gasteiger partial charge is 0.378 e. The standard InChI is InChI=1S/C14H20N2O4S/c1-2-21(18,19)13-5-3-11(4-6-13)16-14(17)9-12-10-20-8-7-15-12/h3-6,12,15H,2,7-10H2,1H3,(H,16,17). The van der Waals surface area contributed by atoms with Crippen molar-refractivity contribution in [1.29, 1.82) is 0 Å². The van der Waals surface area contributed by atoms with Gasteiger partial charge in [0.1, 0.15) is 0 Å². The van der Waals surface area contributed by atoms with Crippen molar-refractivity contribution in [3.8, 4) is 0 Å². The number of anilines is 1. The molecule has 1 atom stereocenters. The fraction of sp³-hybridized carbons (Fsp3) is 0.500. The number of carbonyl (C=O) groups is 1. The lowest BCUT2D eigenvalue weighted by atomic mass is 10.2. The number of hydrogen-bond acceptors (Lipinski definition) is 5. The molecule has 0 radical (unpaired) electrons. The van der Waals surface area contributed by atoms with Gasteiger partial charge in [-0.2, -0.15) is 0 Å². The Kier molecular flexibility index (Phi) is 5.33. The van der Waals surface area contributed by atoms with Crippen LogP contribution < -0.4 is 10.6 Å². The van der Waals surface area contributed by atoms with Crippen molar-refractivity contribution in [1.82, 2.24) is 5.32 Å². The molecule has 1 fully saturated rings. The monoisotopic (exact) mass is 312 g/mol. The average molecular weight is 312 g/mol. The SMILES string of the molecule is CCS(=O)(=O)c1ccc(NC(=O)CC2COCCN2)cc1. The molecular formula is C14H20N2O4S. The van der Waals surface area contributed by atoms with Crippen LogP contribution in [0, 0.1) is 0 Å². The zero-order valence-corrected chi connectivity index (χ0v) is 12.8. The quantitative estimate of drug-likeness (QED) is 0.840. The van der Waals surface area contributed by atoms with Gasteiger partial charge in [0.15, 0.2) is 9.84 Å². The van der Waals surface area contributed by atoms with E-state index in [-0.39, 0.29) is 22.6 Å². The zero-order valence-electron chi connectivity index (χ0n) is 12.0. The van der Waals surface area contributed by atoms with Gasteiger partial charge >= 0.3 is 0 Å². The molecule has 0 saturated carbocycles. The van der Waals surface area contributed by atoms with Gasteiger partial charge in [0.25, 0.3) is 0 Å². The van der Waals surface area contributed by atoms with Gasteiger partial charge in [-0.15, -0.1) is 0 Å². The van der Waals surface area contributed by atoms with E-state index in [1.807, 2.05) is 0 Å². The smallest absolute Gasteiger partial charge is 0.226 e. The van der Waals surface area contributed by atoms with Gasteiger partial charge in [0, 0.05) is 24.7 Å². The van der Waals surface area contributed by atoms with Gasteiger partial charge in [-0.1, -0.05) is 6.92 Å². The Hall–Kier alpha value is -1.44. The van der Waals surface area contributed by atoms with E-state index in [1.54, 1.807) is 19.1 Å². The zero-order chi connectivity index (χ0) is 15.3. The van der Waals surface area contributed by atoms with Crippen molar-refractivity contribution in [2.75, 3.05) is 30.8 Å². The predicted octanol–water partition coefficient (Wildman–Crippen LogP) is 0.797. The average Bonchev–Trinajstić information content (AvgIpc) is 2.48. The number of carbonyl (C=O) groups excluding carboxylic acids is 1. The molecule has 1 saturated heterocycles. The maximum atomic E-state index is 11.9. The first-order valence-corrected chi connectivity index (χ1v) is 8.60. The molecule has 0 aromatic heterocycles. The van der Waals surface area contributed by atoms with Crippen molar-refractivity contribution in [3.63, 3.8) is 0 Å². The number of hydrogen-bond donors (Lipinski definition) is 2. The molecule has 0 aliphatic carbocycles. The molecule has 7 heteroatoms. The molecule has 6 nitrogen and oxygen atoms in total. The summed E-state index contributed by atoms with van der Waals surface area (Å²) >= 11 is 0. The minimum Gasteiger partial charge on any atom is -0.378 e. The van der Waals surface area contributed by atoms with Crippen LogP contribution >= 0.6 is 0 Å². The number of amides is 1. The Morgan fingerprint density at radius 3 is 2.67 bits per heavy atom. The van der Waals surface area contributed by atoms with Gasteiger partial charge in [-0.25, -0.2) is 8.42 Å². The van der Waals surface area contributed by atoms with E-state index < -0.39 is 9.84 Å². The summed E-state index contributed by atoms with van der Waals surface area (Å²) in [7, 11) is -3.21. The fourth-order valence-electron chi connectivity index (χ4n) is 2.10. The van der Waals surface area contributed by atoms with Crippen LogP contribution in [0.1, 0.15) is 13.3 Å². The van der Waals surface area contributed by atoms with Gasteiger partial charge < -0.3 is 15.4 Å². The summed E-state index contributed by atoms with van der Waals surface area (Å²) in [4.78, 5) is 12.2. The Morgan fingerprint density at radius 2 is 2.10 bits per heavy atom. The second-order valence-corrected chi connectivity index (χ2v) is 7.18. The number of ether oxygens (including phenoxy) is 1. The minimum absolute atomic E-state index is 0.0264. The number of morpholine rings is 1. The van der Waals surface area contributed by atoms with E-state index in [2.05, 4.69) is 10.6 Å². The third kappa shape index (κ3) is 4.52. The lowest BCUT2D eigenvalue weighted by molar-refractivity contribution is -0.117. The van der Waals surface area contributed by atoms with Crippen LogP contribution in [-0.4, -0.2) is 45.9 Å². The highest BCUT2D eigenvalue weighted by atomic mass is 32.2. The molecule has 2 N–H and O–H groups in total. The molecule has 1 aliphatic rings. The second-order valence-electron chi connectivity index (χ2n) is 4.91. The summed E-state index contributed by atoms with van der Waals surface area (Å²) in [5, 5.41) is 5.96. The molecule has 1 amide bonds. The van der Waals surface area contributed by atoms with Gasteiger partial charge in [-0.3, -0.25) is 4.79 Å². The molecule has 1 aromatic carbocycles. The van der Waals surface area contributed by atoms with Crippen molar-refractivity contribution >= 4 is 21.4 Å². The summed E-state index contributed by atoms with van der Waals surface area (Å²) in [6.07, 6.45) is 0.328. The molecule has 116 valence electrons. The highest BCUT2D eigenvalue weighted by molar-refractivity contribution is 7.91. The molecule has 1 aliphatic heterocycles. The van der Waals surface area contributed by atoms with Crippen LogP contribution in [0.15, 0.2) is 29.2 Å². The van der Waals surface area contributed by atoms with Crippen LogP contribution in [0.5, 0.6) is 0 Å². The predicted molar refractivity (Wildman–Crippen MR) is 80.0 cm³/mol.